The quantitative estimate of drug-likeness (QED) is 0.705. The van der Waals surface area contributed by atoms with Gasteiger partial charge in [-0.25, -0.2) is 0 Å². The van der Waals surface area contributed by atoms with Crippen LogP contribution in [0.4, 0.5) is 0 Å². The molecule has 0 aromatic carbocycles. The molecule has 0 aromatic rings. The molecule has 1 aliphatic heterocycles. The van der Waals surface area contributed by atoms with Gasteiger partial charge in [-0.3, -0.25) is 4.79 Å². The molecule has 5 heteroatoms. The first-order valence-corrected chi connectivity index (χ1v) is 6.26. The summed E-state index contributed by atoms with van der Waals surface area (Å²) in [5.74, 6) is -0.0766. The summed E-state index contributed by atoms with van der Waals surface area (Å²) in [5.41, 5.74) is 0. The summed E-state index contributed by atoms with van der Waals surface area (Å²) in [5, 5.41) is 6.17. The smallest absolute Gasteiger partial charge is 0.246 e. The highest BCUT2D eigenvalue weighted by Crippen LogP contribution is 2.11. The molecule has 3 atom stereocenters. The predicted molar refractivity (Wildman–Crippen MR) is 65.9 cm³/mol. The molecule has 17 heavy (non-hydrogen) atoms. The fraction of sp³-hybridized carbons (Fsp3) is 0.917. The van der Waals surface area contributed by atoms with Gasteiger partial charge in [-0.1, -0.05) is 0 Å². The van der Waals surface area contributed by atoms with Crippen molar-refractivity contribution in [1.29, 1.82) is 0 Å². The molecular formula is C12H24N2O3. The van der Waals surface area contributed by atoms with Crippen molar-refractivity contribution >= 4 is 5.91 Å². The van der Waals surface area contributed by atoms with Crippen molar-refractivity contribution in [3.05, 3.63) is 0 Å². The van der Waals surface area contributed by atoms with E-state index in [0.717, 1.165) is 19.4 Å². The molecule has 1 aliphatic rings. The Bertz CT molecular complexity index is 236. The van der Waals surface area contributed by atoms with Crippen LogP contribution in [0.25, 0.3) is 0 Å². The van der Waals surface area contributed by atoms with Gasteiger partial charge in [0.05, 0.1) is 12.7 Å². The van der Waals surface area contributed by atoms with Gasteiger partial charge in [0.2, 0.25) is 5.91 Å². The number of methoxy groups -OCH3 is 1. The third kappa shape index (κ3) is 5.48. The van der Waals surface area contributed by atoms with E-state index in [-0.39, 0.29) is 24.7 Å². The number of nitrogens with one attached hydrogen (secondary N) is 2. The highest BCUT2D eigenvalue weighted by Gasteiger charge is 2.22. The van der Waals surface area contributed by atoms with Crippen molar-refractivity contribution in [3.63, 3.8) is 0 Å². The Balaban J connectivity index is 2.18. The van der Waals surface area contributed by atoms with Crippen LogP contribution < -0.4 is 10.6 Å². The van der Waals surface area contributed by atoms with Gasteiger partial charge in [0, 0.05) is 19.2 Å². The number of piperidine rings is 1. The molecule has 0 aliphatic carbocycles. The Morgan fingerprint density at radius 1 is 1.59 bits per heavy atom. The van der Waals surface area contributed by atoms with Crippen molar-refractivity contribution in [2.24, 2.45) is 0 Å². The van der Waals surface area contributed by atoms with Gasteiger partial charge in [-0.2, -0.15) is 0 Å². The van der Waals surface area contributed by atoms with E-state index in [2.05, 4.69) is 17.6 Å². The lowest BCUT2D eigenvalue weighted by molar-refractivity contribution is -0.129. The van der Waals surface area contributed by atoms with Crippen LogP contribution in [0.3, 0.4) is 0 Å². The van der Waals surface area contributed by atoms with Crippen LogP contribution in [-0.2, 0) is 14.3 Å². The lowest BCUT2D eigenvalue weighted by atomic mass is 10.0. The number of carbonyl (C=O) groups excluding carboxylic acids is 1. The maximum Gasteiger partial charge on any atom is 0.246 e. The number of ether oxygens (including phenoxy) is 2. The average Bonchev–Trinajstić information content (AvgIpc) is 2.28. The van der Waals surface area contributed by atoms with Crippen LogP contribution in [0.15, 0.2) is 0 Å². The number of hydrogen-bond acceptors (Lipinski definition) is 4. The van der Waals surface area contributed by atoms with Gasteiger partial charge in [0.15, 0.2) is 0 Å². The first kappa shape index (κ1) is 14.4. The fourth-order valence-electron chi connectivity index (χ4n) is 2.03. The zero-order valence-electron chi connectivity index (χ0n) is 11.0. The summed E-state index contributed by atoms with van der Waals surface area (Å²) in [7, 11) is 1.62. The number of amides is 1. The zero-order chi connectivity index (χ0) is 12.7. The Morgan fingerprint density at radius 3 is 3.00 bits per heavy atom. The van der Waals surface area contributed by atoms with Gasteiger partial charge < -0.3 is 20.1 Å². The molecule has 0 aromatic heterocycles. The second-order valence-corrected chi connectivity index (χ2v) is 4.66. The molecule has 0 saturated carbocycles. The lowest BCUT2D eigenvalue weighted by Gasteiger charge is -2.29. The molecule has 2 N–H and O–H groups in total. The third-order valence-electron chi connectivity index (χ3n) is 2.94. The van der Waals surface area contributed by atoms with Crippen molar-refractivity contribution in [1.82, 2.24) is 10.6 Å². The normalized spacial score (nSPS) is 26.5. The molecule has 1 saturated heterocycles. The van der Waals surface area contributed by atoms with Gasteiger partial charge >= 0.3 is 0 Å². The molecular weight excluding hydrogens is 220 g/mol. The van der Waals surface area contributed by atoms with Gasteiger partial charge in [0.25, 0.3) is 0 Å². The molecule has 1 rings (SSSR count). The minimum atomic E-state index is -0.0766. The Kier molecular flexibility index (Phi) is 6.47. The standard InChI is InChI=1S/C12H24N2O3/c1-9(7-16-3)14-12(15)8-17-11-5-4-6-13-10(11)2/h9-11,13H,4-8H2,1-3H3,(H,14,15). The average molecular weight is 244 g/mol. The maximum atomic E-state index is 11.6. The van der Waals surface area contributed by atoms with Crippen LogP contribution in [0.1, 0.15) is 26.7 Å². The lowest BCUT2D eigenvalue weighted by Crippen LogP contribution is -2.46. The Morgan fingerprint density at radius 2 is 2.35 bits per heavy atom. The highest BCUT2D eigenvalue weighted by atomic mass is 16.5. The highest BCUT2D eigenvalue weighted by molar-refractivity contribution is 5.77. The number of carbonyl (C=O) groups is 1. The second kappa shape index (κ2) is 7.63. The molecule has 100 valence electrons. The van der Waals surface area contributed by atoms with Gasteiger partial charge in [-0.15, -0.1) is 0 Å². The van der Waals surface area contributed by atoms with E-state index >= 15 is 0 Å². The number of rotatable bonds is 6. The van der Waals surface area contributed by atoms with Crippen LogP contribution >= 0.6 is 0 Å². The van der Waals surface area contributed by atoms with Crippen LogP contribution in [0.5, 0.6) is 0 Å². The predicted octanol–water partition coefficient (Wildman–Crippen LogP) is 0.295. The summed E-state index contributed by atoms with van der Waals surface area (Å²) >= 11 is 0. The minimum Gasteiger partial charge on any atom is -0.383 e. The van der Waals surface area contributed by atoms with Crippen molar-refractivity contribution < 1.29 is 14.3 Å². The molecule has 1 amide bonds. The third-order valence-corrected chi connectivity index (χ3v) is 2.94. The Hall–Kier alpha value is -0.650. The summed E-state index contributed by atoms with van der Waals surface area (Å²) in [4.78, 5) is 11.6. The fourth-order valence-corrected chi connectivity index (χ4v) is 2.03. The first-order chi connectivity index (χ1) is 8.13. The summed E-state index contributed by atoms with van der Waals surface area (Å²) in [6.07, 6.45) is 2.28. The molecule has 1 fully saturated rings. The molecule has 1 heterocycles. The summed E-state index contributed by atoms with van der Waals surface area (Å²) in [6, 6.07) is 0.353. The van der Waals surface area contributed by atoms with Gasteiger partial charge in [-0.05, 0) is 33.2 Å². The molecule has 5 nitrogen and oxygen atoms in total. The zero-order valence-corrected chi connectivity index (χ0v) is 11.0. The summed E-state index contributed by atoms with van der Waals surface area (Å²) in [6.45, 7) is 5.69. The van der Waals surface area contributed by atoms with Crippen LogP contribution in [-0.4, -0.2) is 51.0 Å². The SMILES string of the molecule is COCC(C)NC(=O)COC1CCCNC1C. The minimum absolute atomic E-state index is 0.0259. The van der Waals surface area contributed by atoms with E-state index in [9.17, 15) is 4.79 Å². The van der Waals surface area contributed by atoms with E-state index in [0.29, 0.717) is 12.6 Å². The van der Waals surface area contributed by atoms with E-state index in [1.54, 1.807) is 7.11 Å². The van der Waals surface area contributed by atoms with Crippen molar-refractivity contribution in [2.75, 3.05) is 26.9 Å². The van der Waals surface area contributed by atoms with Crippen LogP contribution in [0, 0.1) is 0 Å². The van der Waals surface area contributed by atoms with E-state index < -0.39 is 0 Å². The largest absolute Gasteiger partial charge is 0.383 e. The van der Waals surface area contributed by atoms with Crippen LogP contribution in [0.2, 0.25) is 0 Å². The molecule has 0 spiro atoms. The van der Waals surface area contributed by atoms with Crippen molar-refractivity contribution in [3.8, 4) is 0 Å². The second-order valence-electron chi connectivity index (χ2n) is 4.66. The Labute approximate surface area is 103 Å². The monoisotopic (exact) mass is 244 g/mol. The van der Waals surface area contributed by atoms with Crippen molar-refractivity contribution in [2.45, 2.75) is 44.9 Å². The van der Waals surface area contributed by atoms with E-state index in [1.165, 1.54) is 0 Å². The topological polar surface area (TPSA) is 59.6 Å². The molecule has 0 radical (unpaired) electrons. The van der Waals surface area contributed by atoms with E-state index in [1.807, 2.05) is 6.92 Å². The molecule has 0 bridgehead atoms. The first-order valence-electron chi connectivity index (χ1n) is 6.26. The van der Waals surface area contributed by atoms with Gasteiger partial charge in [0.1, 0.15) is 6.61 Å². The number of hydrogen-bond donors (Lipinski definition) is 2. The molecule has 3 unspecified atom stereocenters. The summed E-state index contributed by atoms with van der Waals surface area (Å²) < 4.78 is 10.6. The van der Waals surface area contributed by atoms with E-state index in [4.69, 9.17) is 9.47 Å². The maximum absolute atomic E-state index is 11.6.